The normalized spacial score (nSPS) is 11.2. The molecule has 1 amide bonds. The molecule has 0 aliphatic heterocycles. The summed E-state index contributed by atoms with van der Waals surface area (Å²) in [6.45, 7) is 1.68. The van der Waals surface area contributed by atoms with Crippen molar-refractivity contribution in [2.75, 3.05) is 5.32 Å². The van der Waals surface area contributed by atoms with Crippen LogP contribution in [-0.2, 0) is 9.05 Å². The second-order valence-corrected chi connectivity index (χ2v) is 7.38. The van der Waals surface area contributed by atoms with Crippen LogP contribution in [0.15, 0.2) is 47.4 Å². The van der Waals surface area contributed by atoms with Gasteiger partial charge in [-0.2, -0.15) is 0 Å². The van der Waals surface area contributed by atoms with Gasteiger partial charge >= 0.3 is 0 Å². The summed E-state index contributed by atoms with van der Waals surface area (Å²) in [7, 11) is 1.49. The van der Waals surface area contributed by atoms with Gasteiger partial charge in [-0.3, -0.25) is 4.79 Å². The number of nitrogens with one attached hydrogen (secondary N) is 1. The van der Waals surface area contributed by atoms with Crippen molar-refractivity contribution in [2.45, 2.75) is 11.8 Å². The highest BCUT2D eigenvalue weighted by Gasteiger charge is 2.13. The fourth-order valence-electron chi connectivity index (χ4n) is 1.72. The van der Waals surface area contributed by atoms with Gasteiger partial charge in [-0.1, -0.05) is 11.6 Å². The Bertz CT molecular complexity index is 786. The van der Waals surface area contributed by atoms with Gasteiger partial charge in [-0.25, -0.2) is 8.42 Å². The quantitative estimate of drug-likeness (QED) is 0.861. The summed E-state index contributed by atoms with van der Waals surface area (Å²) in [5.74, 6) is -0.309. The molecule has 0 heterocycles. The maximum atomic E-state index is 12.1. The Balaban J connectivity index is 2.24. The van der Waals surface area contributed by atoms with Crippen LogP contribution >= 0.6 is 22.3 Å². The summed E-state index contributed by atoms with van der Waals surface area (Å²) in [6.07, 6.45) is 0. The Morgan fingerprint density at radius 2 is 1.71 bits per heavy atom. The van der Waals surface area contributed by atoms with E-state index in [2.05, 4.69) is 5.32 Å². The number of halogens is 2. The van der Waals surface area contributed by atoms with Gasteiger partial charge in [0.05, 0.1) is 4.90 Å². The lowest BCUT2D eigenvalue weighted by Gasteiger charge is -2.09. The van der Waals surface area contributed by atoms with E-state index in [-0.39, 0.29) is 10.8 Å². The number of hydrogen-bond donors (Lipinski definition) is 1. The van der Waals surface area contributed by atoms with E-state index in [0.717, 1.165) is 0 Å². The third-order valence-corrected chi connectivity index (χ3v) is 4.44. The molecule has 110 valence electrons. The number of carbonyl (C=O) groups is 1. The van der Waals surface area contributed by atoms with Crippen LogP contribution in [0.4, 0.5) is 5.69 Å². The Kier molecular flexibility index (Phi) is 4.56. The molecule has 2 rings (SSSR count). The predicted molar refractivity (Wildman–Crippen MR) is 83.6 cm³/mol. The highest BCUT2D eigenvalue weighted by molar-refractivity contribution is 8.13. The number of carbonyl (C=O) groups excluding carboxylic acids is 1. The van der Waals surface area contributed by atoms with Gasteiger partial charge in [0.2, 0.25) is 0 Å². The smallest absolute Gasteiger partial charge is 0.261 e. The molecule has 0 aromatic heterocycles. The topological polar surface area (TPSA) is 63.2 Å². The molecule has 0 atom stereocenters. The Hall–Kier alpha value is -1.56. The molecule has 0 saturated carbocycles. The van der Waals surface area contributed by atoms with Crippen molar-refractivity contribution < 1.29 is 13.2 Å². The first-order valence-corrected chi connectivity index (χ1v) is 8.58. The highest BCUT2D eigenvalue weighted by Crippen LogP contribution is 2.22. The van der Waals surface area contributed by atoms with E-state index in [1.165, 1.54) is 18.2 Å². The van der Waals surface area contributed by atoms with Gasteiger partial charge in [0.15, 0.2) is 0 Å². The third kappa shape index (κ3) is 3.97. The number of benzene rings is 2. The molecular weight excluding hydrogens is 333 g/mol. The van der Waals surface area contributed by atoms with Gasteiger partial charge in [0.1, 0.15) is 0 Å². The zero-order valence-corrected chi connectivity index (χ0v) is 13.3. The molecule has 0 fully saturated rings. The molecule has 0 aliphatic carbocycles. The van der Waals surface area contributed by atoms with Crippen molar-refractivity contribution >= 4 is 42.9 Å². The molecular formula is C14H11Cl2NO3S. The fraction of sp³-hybridized carbons (Fsp3) is 0.0714. The van der Waals surface area contributed by atoms with Crippen LogP contribution in [0.2, 0.25) is 5.02 Å². The van der Waals surface area contributed by atoms with Crippen molar-refractivity contribution in [3.05, 3.63) is 58.6 Å². The number of aryl methyl sites for hydroxylation is 1. The maximum Gasteiger partial charge on any atom is 0.261 e. The first kappa shape index (κ1) is 15.8. The average Bonchev–Trinajstić information content (AvgIpc) is 2.40. The van der Waals surface area contributed by atoms with Crippen molar-refractivity contribution in [1.29, 1.82) is 0 Å². The first-order chi connectivity index (χ1) is 9.77. The lowest BCUT2D eigenvalue weighted by molar-refractivity contribution is 0.102. The summed E-state index contributed by atoms with van der Waals surface area (Å²) in [5, 5.41) is 3.25. The standard InChI is InChI=1S/C14H11Cl2NO3S/c1-9-8-12(21(16,19)20)6-7-13(9)17-14(18)10-2-4-11(15)5-3-10/h2-8H,1H3,(H,17,18). The van der Waals surface area contributed by atoms with E-state index in [4.69, 9.17) is 22.3 Å². The molecule has 1 N–H and O–H groups in total. The SMILES string of the molecule is Cc1cc(S(=O)(=O)Cl)ccc1NC(=O)c1ccc(Cl)cc1. The van der Waals surface area contributed by atoms with Gasteiger partial charge in [0.25, 0.3) is 15.0 Å². The van der Waals surface area contributed by atoms with E-state index < -0.39 is 9.05 Å². The second kappa shape index (κ2) is 6.05. The van der Waals surface area contributed by atoms with Gasteiger partial charge in [0, 0.05) is 27.0 Å². The summed E-state index contributed by atoms with van der Waals surface area (Å²) >= 11 is 5.76. The van der Waals surface area contributed by atoms with Crippen LogP contribution in [0.5, 0.6) is 0 Å². The van der Waals surface area contributed by atoms with E-state index >= 15 is 0 Å². The molecule has 2 aromatic rings. The van der Waals surface area contributed by atoms with E-state index in [9.17, 15) is 13.2 Å². The van der Waals surface area contributed by atoms with Gasteiger partial charge < -0.3 is 5.32 Å². The molecule has 0 spiro atoms. The Morgan fingerprint density at radius 3 is 2.24 bits per heavy atom. The summed E-state index contributed by atoms with van der Waals surface area (Å²) in [4.78, 5) is 12.1. The number of hydrogen-bond acceptors (Lipinski definition) is 3. The second-order valence-electron chi connectivity index (χ2n) is 4.38. The molecule has 0 radical (unpaired) electrons. The summed E-state index contributed by atoms with van der Waals surface area (Å²) < 4.78 is 22.5. The molecule has 0 unspecified atom stereocenters. The number of rotatable bonds is 3. The largest absolute Gasteiger partial charge is 0.322 e. The highest BCUT2D eigenvalue weighted by atomic mass is 35.7. The first-order valence-electron chi connectivity index (χ1n) is 5.89. The van der Waals surface area contributed by atoms with Crippen molar-refractivity contribution in [3.63, 3.8) is 0 Å². The van der Waals surface area contributed by atoms with Gasteiger partial charge in [-0.15, -0.1) is 0 Å². The van der Waals surface area contributed by atoms with Crippen LogP contribution in [0.3, 0.4) is 0 Å². The van der Waals surface area contributed by atoms with E-state index in [1.54, 1.807) is 31.2 Å². The molecule has 0 bridgehead atoms. The average molecular weight is 344 g/mol. The molecule has 0 saturated heterocycles. The Morgan fingerprint density at radius 1 is 1.10 bits per heavy atom. The molecule has 4 nitrogen and oxygen atoms in total. The zero-order chi connectivity index (χ0) is 15.6. The number of amides is 1. The molecule has 7 heteroatoms. The van der Waals surface area contributed by atoms with Gasteiger partial charge in [-0.05, 0) is 55.0 Å². The fourth-order valence-corrected chi connectivity index (χ4v) is 2.69. The minimum Gasteiger partial charge on any atom is -0.322 e. The lowest BCUT2D eigenvalue weighted by Crippen LogP contribution is -2.12. The van der Waals surface area contributed by atoms with Crippen molar-refractivity contribution in [3.8, 4) is 0 Å². The van der Waals surface area contributed by atoms with E-state index in [1.807, 2.05) is 0 Å². The molecule has 21 heavy (non-hydrogen) atoms. The Labute approximate surface area is 132 Å². The maximum absolute atomic E-state index is 12.1. The zero-order valence-electron chi connectivity index (χ0n) is 10.9. The minimum absolute atomic E-state index is 0.00819. The lowest BCUT2D eigenvalue weighted by atomic mass is 10.1. The summed E-state index contributed by atoms with van der Waals surface area (Å²) in [5.41, 5.74) is 1.56. The monoisotopic (exact) mass is 343 g/mol. The minimum atomic E-state index is -3.78. The third-order valence-electron chi connectivity index (χ3n) is 2.83. The molecule has 2 aromatic carbocycles. The number of anilines is 1. The van der Waals surface area contributed by atoms with E-state index in [0.29, 0.717) is 21.8 Å². The van der Waals surface area contributed by atoms with Crippen molar-refractivity contribution in [1.82, 2.24) is 0 Å². The van der Waals surface area contributed by atoms with Crippen LogP contribution in [0.1, 0.15) is 15.9 Å². The molecule has 0 aliphatic rings. The van der Waals surface area contributed by atoms with Crippen LogP contribution in [0, 0.1) is 6.92 Å². The van der Waals surface area contributed by atoms with Crippen LogP contribution in [-0.4, -0.2) is 14.3 Å². The van der Waals surface area contributed by atoms with Crippen molar-refractivity contribution in [2.24, 2.45) is 0 Å². The van der Waals surface area contributed by atoms with Crippen LogP contribution in [0.25, 0.3) is 0 Å². The van der Waals surface area contributed by atoms with Crippen LogP contribution < -0.4 is 5.32 Å². The summed E-state index contributed by atoms with van der Waals surface area (Å²) in [6, 6.07) is 10.7. The predicted octanol–water partition coefficient (Wildman–Crippen LogP) is 3.83.